The lowest BCUT2D eigenvalue weighted by Crippen LogP contribution is -2.19. The lowest BCUT2D eigenvalue weighted by atomic mass is 10.1. The first-order valence-electron chi connectivity index (χ1n) is 7.98. The third-order valence-corrected chi connectivity index (χ3v) is 3.05. The normalized spacial score (nSPS) is 11.1. The SMILES string of the molecule is CCCc1cc(CNCC(C)C)cc(OCCCOC)n1. The molecule has 21 heavy (non-hydrogen) atoms. The standard InChI is InChI=1S/C17H30N2O2/c1-5-7-16-10-15(13-18-12-14(2)3)11-17(19-16)21-9-6-8-20-4/h10-11,14,18H,5-9,12-13H2,1-4H3. The summed E-state index contributed by atoms with van der Waals surface area (Å²) in [6.07, 6.45) is 2.97. The van der Waals surface area contributed by atoms with Gasteiger partial charge in [0, 0.05) is 38.4 Å². The van der Waals surface area contributed by atoms with Gasteiger partial charge in [0.1, 0.15) is 0 Å². The lowest BCUT2D eigenvalue weighted by molar-refractivity contribution is 0.170. The fourth-order valence-corrected chi connectivity index (χ4v) is 2.07. The molecule has 0 fully saturated rings. The minimum atomic E-state index is 0.648. The predicted molar refractivity (Wildman–Crippen MR) is 86.8 cm³/mol. The smallest absolute Gasteiger partial charge is 0.213 e. The number of hydrogen-bond acceptors (Lipinski definition) is 4. The van der Waals surface area contributed by atoms with Crippen LogP contribution in [0.25, 0.3) is 0 Å². The summed E-state index contributed by atoms with van der Waals surface area (Å²) in [5.74, 6) is 1.39. The quantitative estimate of drug-likeness (QED) is 0.637. The summed E-state index contributed by atoms with van der Waals surface area (Å²) in [6, 6.07) is 4.22. The van der Waals surface area contributed by atoms with Gasteiger partial charge < -0.3 is 14.8 Å². The molecule has 0 spiro atoms. The number of nitrogens with zero attached hydrogens (tertiary/aromatic N) is 1. The van der Waals surface area contributed by atoms with Crippen molar-refractivity contribution >= 4 is 0 Å². The topological polar surface area (TPSA) is 43.4 Å². The highest BCUT2D eigenvalue weighted by molar-refractivity contribution is 5.25. The van der Waals surface area contributed by atoms with Gasteiger partial charge in [0.05, 0.1) is 6.61 Å². The van der Waals surface area contributed by atoms with Crippen molar-refractivity contribution in [2.75, 3.05) is 26.9 Å². The van der Waals surface area contributed by atoms with Crippen LogP contribution in [0.5, 0.6) is 5.88 Å². The van der Waals surface area contributed by atoms with E-state index >= 15 is 0 Å². The monoisotopic (exact) mass is 294 g/mol. The van der Waals surface area contributed by atoms with Crippen molar-refractivity contribution in [3.05, 3.63) is 23.4 Å². The van der Waals surface area contributed by atoms with Crippen LogP contribution in [-0.4, -0.2) is 31.9 Å². The number of nitrogens with one attached hydrogen (secondary N) is 1. The van der Waals surface area contributed by atoms with E-state index < -0.39 is 0 Å². The third-order valence-electron chi connectivity index (χ3n) is 3.05. The Morgan fingerprint density at radius 2 is 2.05 bits per heavy atom. The Morgan fingerprint density at radius 3 is 2.71 bits per heavy atom. The first-order valence-corrected chi connectivity index (χ1v) is 7.98. The van der Waals surface area contributed by atoms with E-state index in [0.717, 1.165) is 50.5 Å². The van der Waals surface area contributed by atoms with Gasteiger partial charge in [0.15, 0.2) is 0 Å². The van der Waals surface area contributed by atoms with Crippen LogP contribution in [0, 0.1) is 5.92 Å². The Balaban J connectivity index is 2.61. The maximum absolute atomic E-state index is 5.74. The molecule has 1 heterocycles. The number of pyridine rings is 1. The maximum atomic E-state index is 5.74. The summed E-state index contributed by atoms with van der Waals surface area (Å²) in [5.41, 5.74) is 2.36. The van der Waals surface area contributed by atoms with Gasteiger partial charge in [-0.05, 0) is 30.5 Å². The largest absolute Gasteiger partial charge is 0.478 e. The van der Waals surface area contributed by atoms with Crippen LogP contribution in [0.2, 0.25) is 0 Å². The van der Waals surface area contributed by atoms with E-state index in [4.69, 9.17) is 9.47 Å². The lowest BCUT2D eigenvalue weighted by Gasteiger charge is -2.11. The molecule has 0 radical (unpaired) electrons. The van der Waals surface area contributed by atoms with Crippen molar-refractivity contribution < 1.29 is 9.47 Å². The van der Waals surface area contributed by atoms with E-state index in [1.165, 1.54) is 5.56 Å². The molecule has 0 aromatic carbocycles. The summed E-state index contributed by atoms with van der Waals surface area (Å²) in [7, 11) is 1.71. The Morgan fingerprint density at radius 1 is 1.24 bits per heavy atom. The number of aromatic nitrogens is 1. The molecule has 120 valence electrons. The minimum absolute atomic E-state index is 0.648. The molecule has 0 aliphatic carbocycles. The molecular weight excluding hydrogens is 264 g/mol. The summed E-state index contributed by atoms with van der Waals surface area (Å²) in [4.78, 5) is 4.57. The Labute approximate surface area is 129 Å². The van der Waals surface area contributed by atoms with Gasteiger partial charge in [-0.25, -0.2) is 4.98 Å². The van der Waals surface area contributed by atoms with Crippen molar-refractivity contribution in [1.29, 1.82) is 0 Å². The predicted octanol–water partition coefficient (Wildman–Crippen LogP) is 3.20. The Kier molecular flexibility index (Phi) is 9.02. The highest BCUT2D eigenvalue weighted by atomic mass is 16.5. The van der Waals surface area contributed by atoms with Crippen LogP contribution in [-0.2, 0) is 17.7 Å². The zero-order valence-corrected chi connectivity index (χ0v) is 13.9. The van der Waals surface area contributed by atoms with E-state index in [2.05, 4.69) is 37.1 Å². The summed E-state index contributed by atoms with van der Waals surface area (Å²) in [5, 5.41) is 3.47. The van der Waals surface area contributed by atoms with Crippen LogP contribution in [0.15, 0.2) is 12.1 Å². The molecule has 1 rings (SSSR count). The van der Waals surface area contributed by atoms with E-state index in [9.17, 15) is 0 Å². The van der Waals surface area contributed by atoms with Gasteiger partial charge >= 0.3 is 0 Å². The highest BCUT2D eigenvalue weighted by Crippen LogP contribution is 2.14. The number of ether oxygens (including phenoxy) is 2. The van der Waals surface area contributed by atoms with E-state index in [0.29, 0.717) is 12.5 Å². The van der Waals surface area contributed by atoms with Crippen LogP contribution in [0.4, 0.5) is 0 Å². The van der Waals surface area contributed by atoms with Crippen molar-refractivity contribution in [1.82, 2.24) is 10.3 Å². The molecule has 4 nitrogen and oxygen atoms in total. The van der Waals surface area contributed by atoms with Gasteiger partial charge in [-0.3, -0.25) is 0 Å². The first-order chi connectivity index (χ1) is 10.2. The summed E-state index contributed by atoms with van der Waals surface area (Å²) in [6.45, 7) is 9.86. The molecule has 1 aromatic heterocycles. The highest BCUT2D eigenvalue weighted by Gasteiger charge is 2.04. The van der Waals surface area contributed by atoms with E-state index in [1.54, 1.807) is 7.11 Å². The number of rotatable bonds is 11. The maximum Gasteiger partial charge on any atom is 0.213 e. The number of methoxy groups -OCH3 is 1. The molecule has 0 bridgehead atoms. The molecule has 0 amide bonds. The zero-order valence-electron chi connectivity index (χ0n) is 13.9. The molecule has 0 aliphatic heterocycles. The molecular formula is C17H30N2O2. The van der Waals surface area contributed by atoms with Crippen molar-refractivity contribution in [3.63, 3.8) is 0 Å². The summed E-state index contributed by atoms with van der Waals surface area (Å²) >= 11 is 0. The zero-order chi connectivity index (χ0) is 15.5. The molecule has 0 unspecified atom stereocenters. The molecule has 0 aliphatic rings. The van der Waals surface area contributed by atoms with Gasteiger partial charge in [-0.15, -0.1) is 0 Å². The number of aryl methyl sites for hydroxylation is 1. The molecule has 0 saturated heterocycles. The van der Waals surface area contributed by atoms with Gasteiger partial charge in [0.2, 0.25) is 5.88 Å². The molecule has 0 saturated carbocycles. The van der Waals surface area contributed by atoms with E-state index in [-0.39, 0.29) is 0 Å². The first kappa shape index (κ1) is 17.9. The van der Waals surface area contributed by atoms with E-state index in [1.807, 2.05) is 6.07 Å². The third kappa shape index (κ3) is 8.02. The summed E-state index contributed by atoms with van der Waals surface area (Å²) < 4.78 is 10.8. The average molecular weight is 294 g/mol. The molecule has 1 N–H and O–H groups in total. The van der Waals surface area contributed by atoms with Crippen LogP contribution in [0.3, 0.4) is 0 Å². The molecule has 1 aromatic rings. The van der Waals surface area contributed by atoms with Crippen LogP contribution >= 0.6 is 0 Å². The fourth-order valence-electron chi connectivity index (χ4n) is 2.07. The van der Waals surface area contributed by atoms with Crippen LogP contribution < -0.4 is 10.1 Å². The Hall–Kier alpha value is -1.13. The minimum Gasteiger partial charge on any atom is -0.478 e. The second kappa shape index (κ2) is 10.6. The van der Waals surface area contributed by atoms with Gasteiger partial charge in [-0.1, -0.05) is 27.2 Å². The van der Waals surface area contributed by atoms with Gasteiger partial charge in [0.25, 0.3) is 0 Å². The molecule has 0 atom stereocenters. The van der Waals surface area contributed by atoms with Crippen molar-refractivity contribution in [2.45, 2.75) is 46.6 Å². The van der Waals surface area contributed by atoms with Crippen molar-refractivity contribution in [3.8, 4) is 5.88 Å². The number of hydrogen-bond donors (Lipinski definition) is 1. The second-order valence-corrected chi connectivity index (χ2v) is 5.77. The van der Waals surface area contributed by atoms with Crippen LogP contribution in [0.1, 0.15) is 44.9 Å². The molecule has 4 heteroatoms. The second-order valence-electron chi connectivity index (χ2n) is 5.77. The fraction of sp³-hybridized carbons (Fsp3) is 0.706. The average Bonchev–Trinajstić information content (AvgIpc) is 2.43. The Bertz CT molecular complexity index is 394. The van der Waals surface area contributed by atoms with Gasteiger partial charge in [-0.2, -0.15) is 0 Å². The van der Waals surface area contributed by atoms with Crippen molar-refractivity contribution in [2.24, 2.45) is 5.92 Å².